The molecule has 1 amide bonds. The first-order valence-electron chi connectivity index (χ1n) is 7.86. The van der Waals surface area contributed by atoms with Crippen LogP contribution in [0.15, 0.2) is 36.9 Å². The summed E-state index contributed by atoms with van der Waals surface area (Å²) in [4.78, 5) is 24.1. The van der Waals surface area contributed by atoms with Crippen LogP contribution in [0.2, 0.25) is 0 Å². The molecule has 0 saturated heterocycles. The smallest absolute Gasteiger partial charge is 0.326 e. The molecule has 2 N–H and O–H groups in total. The number of aliphatic carboxylic acids is 1. The normalized spacial score (nSPS) is 12.8. The van der Waals surface area contributed by atoms with E-state index in [4.69, 9.17) is 0 Å². The summed E-state index contributed by atoms with van der Waals surface area (Å²) in [6, 6.07) is 6.42. The van der Waals surface area contributed by atoms with E-state index >= 15 is 0 Å². The zero-order valence-corrected chi connectivity index (χ0v) is 14.2. The number of fused-ring (bicyclic) bond motifs is 1. The summed E-state index contributed by atoms with van der Waals surface area (Å²) < 4.78 is 1.75. The number of rotatable bonds is 6. The van der Waals surface area contributed by atoms with Gasteiger partial charge in [-0.3, -0.25) is 9.48 Å². The summed E-state index contributed by atoms with van der Waals surface area (Å²) in [5.74, 6) is -1.54. The molecule has 0 fully saturated rings. The summed E-state index contributed by atoms with van der Waals surface area (Å²) in [6.07, 6.45) is 2.52. The Hall–Kier alpha value is -2.63. The third-order valence-electron chi connectivity index (χ3n) is 3.81. The molecule has 24 heavy (non-hydrogen) atoms. The van der Waals surface area contributed by atoms with Crippen LogP contribution < -0.4 is 5.32 Å². The van der Waals surface area contributed by atoms with Crippen molar-refractivity contribution >= 4 is 22.8 Å². The van der Waals surface area contributed by atoms with Crippen LogP contribution in [0.25, 0.3) is 10.9 Å². The Labute approximate surface area is 141 Å². The van der Waals surface area contributed by atoms with Crippen molar-refractivity contribution < 1.29 is 14.7 Å². The van der Waals surface area contributed by atoms with Crippen LogP contribution in [0.4, 0.5) is 0 Å². The number of hydrogen-bond acceptors (Lipinski definition) is 3. The van der Waals surface area contributed by atoms with Gasteiger partial charge in [-0.05, 0) is 17.9 Å². The lowest BCUT2D eigenvalue weighted by Gasteiger charge is -2.27. The molecule has 6 nitrogen and oxygen atoms in total. The van der Waals surface area contributed by atoms with Crippen molar-refractivity contribution in [2.75, 3.05) is 0 Å². The summed E-state index contributed by atoms with van der Waals surface area (Å²) in [6.45, 7) is 9.62. The highest BCUT2D eigenvalue weighted by atomic mass is 16.4. The van der Waals surface area contributed by atoms with Crippen molar-refractivity contribution in [3.8, 4) is 0 Å². The third-order valence-corrected chi connectivity index (χ3v) is 3.81. The Bertz CT molecular complexity index is 771. The van der Waals surface area contributed by atoms with Crippen LogP contribution >= 0.6 is 0 Å². The summed E-state index contributed by atoms with van der Waals surface area (Å²) in [5.41, 5.74) is 0.472. The quantitative estimate of drug-likeness (QED) is 0.798. The first-order chi connectivity index (χ1) is 11.3. The first-order valence-corrected chi connectivity index (χ1v) is 7.86. The number of carbonyl (C=O) groups is 2. The van der Waals surface area contributed by atoms with Gasteiger partial charge in [-0.25, -0.2) is 4.79 Å². The van der Waals surface area contributed by atoms with E-state index < -0.39 is 23.3 Å². The number of aryl methyl sites for hydroxylation is 1. The number of para-hydroxylation sites is 1. The van der Waals surface area contributed by atoms with E-state index in [-0.39, 0.29) is 5.69 Å². The van der Waals surface area contributed by atoms with Crippen molar-refractivity contribution in [2.24, 2.45) is 5.41 Å². The van der Waals surface area contributed by atoms with E-state index in [9.17, 15) is 14.7 Å². The van der Waals surface area contributed by atoms with E-state index in [0.29, 0.717) is 11.9 Å². The fourth-order valence-electron chi connectivity index (χ4n) is 2.53. The zero-order valence-electron chi connectivity index (χ0n) is 14.2. The number of nitrogens with one attached hydrogen (secondary N) is 1. The fraction of sp³-hybridized carbons (Fsp3) is 0.389. The maximum atomic E-state index is 12.6. The highest BCUT2D eigenvalue weighted by molar-refractivity contribution is 6.06. The number of carboxylic acid groups (broad SMARTS) is 1. The number of amides is 1. The van der Waals surface area contributed by atoms with Crippen molar-refractivity contribution in [3.63, 3.8) is 0 Å². The Morgan fingerprint density at radius 3 is 2.62 bits per heavy atom. The van der Waals surface area contributed by atoms with Gasteiger partial charge >= 0.3 is 5.97 Å². The Kier molecular flexibility index (Phi) is 5.07. The molecule has 1 aromatic heterocycles. The van der Waals surface area contributed by atoms with Crippen LogP contribution in [0.5, 0.6) is 0 Å². The molecule has 0 bridgehead atoms. The first kappa shape index (κ1) is 17.7. The van der Waals surface area contributed by atoms with Gasteiger partial charge in [0.1, 0.15) is 6.04 Å². The van der Waals surface area contributed by atoms with E-state index in [0.717, 1.165) is 11.9 Å². The third kappa shape index (κ3) is 3.64. The predicted octanol–water partition coefficient (Wildman–Crippen LogP) is 2.84. The molecule has 1 heterocycles. The maximum Gasteiger partial charge on any atom is 0.326 e. The molecule has 0 aliphatic carbocycles. The van der Waals surface area contributed by atoms with Gasteiger partial charge in [-0.2, -0.15) is 5.10 Å². The van der Waals surface area contributed by atoms with Crippen LogP contribution in [-0.2, 0) is 11.3 Å². The largest absolute Gasteiger partial charge is 0.480 e. The van der Waals surface area contributed by atoms with Gasteiger partial charge in [0.05, 0.1) is 5.52 Å². The standard InChI is InChI=1S/C18H23N3O3/c1-5-6-11-21-13-10-8-7-9-12(13)14(20-21)16(22)19-15(17(23)24)18(2,3)4/h5,7-10,15H,1,6,11H2,2-4H3,(H,19,22)(H,23,24)/t15-/m1/s1. The lowest BCUT2D eigenvalue weighted by molar-refractivity contribution is -0.142. The molecule has 0 spiro atoms. The molecule has 6 heteroatoms. The van der Waals surface area contributed by atoms with Crippen molar-refractivity contribution in [1.82, 2.24) is 15.1 Å². The zero-order chi connectivity index (χ0) is 17.9. The van der Waals surface area contributed by atoms with Crippen molar-refractivity contribution in [2.45, 2.75) is 39.8 Å². The summed E-state index contributed by atoms with van der Waals surface area (Å²) in [5, 5.41) is 17.1. The van der Waals surface area contributed by atoms with E-state index in [2.05, 4.69) is 17.0 Å². The SMILES string of the molecule is C=CCCn1nc(C(=O)N[C@H](C(=O)O)C(C)(C)C)c2ccccc21. The number of allylic oxidation sites excluding steroid dienone is 1. The lowest BCUT2D eigenvalue weighted by Crippen LogP contribution is -2.49. The molecule has 1 aromatic carbocycles. The van der Waals surface area contributed by atoms with Crippen LogP contribution in [0.3, 0.4) is 0 Å². The molecule has 0 saturated carbocycles. The Morgan fingerprint density at radius 1 is 1.38 bits per heavy atom. The van der Waals surface area contributed by atoms with Crippen LogP contribution in [-0.4, -0.2) is 32.8 Å². The molecule has 2 rings (SSSR count). The maximum absolute atomic E-state index is 12.6. The van der Waals surface area contributed by atoms with Gasteiger partial charge in [0.15, 0.2) is 5.69 Å². The van der Waals surface area contributed by atoms with E-state index in [1.807, 2.05) is 24.3 Å². The van der Waals surface area contributed by atoms with Gasteiger partial charge in [0.2, 0.25) is 0 Å². The number of carbonyl (C=O) groups excluding carboxylic acids is 1. The second-order valence-corrected chi connectivity index (χ2v) is 6.78. The highest BCUT2D eigenvalue weighted by Gasteiger charge is 2.33. The Morgan fingerprint density at radius 2 is 2.04 bits per heavy atom. The minimum Gasteiger partial charge on any atom is -0.480 e. The summed E-state index contributed by atoms with van der Waals surface area (Å²) in [7, 11) is 0. The molecule has 0 unspecified atom stereocenters. The van der Waals surface area contributed by atoms with Crippen LogP contribution in [0.1, 0.15) is 37.7 Å². The van der Waals surface area contributed by atoms with Gasteiger partial charge in [0.25, 0.3) is 5.91 Å². The number of hydrogen-bond donors (Lipinski definition) is 2. The second kappa shape index (κ2) is 6.86. The number of nitrogens with zero attached hydrogens (tertiary/aromatic N) is 2. The highest BCUT2D eigenvalue weighted by Crippen LogP contribution is 2.22. The molecule has 0 aliphatic heterocycles. The minimum atomic E-state index is -1.06. The molecule has 128 valence electrons. The molecule has 0 radical (unpaired) electrons. The minimum absolute atomic E-state index is 0.241. The van der Waals surface area contributed by atoms with Gasteiger partial charge in [-0.15, -0.1) is 6.58 Å². The Balaban J connectivity index is 2.39. The molecular weight excluding hydrogens is 306 g/mol. The fourth-order valence-corrected chi connectivity index (χ4v) is 2.53. The van der Waals surface area contributed by atoms with Gasteiger partial charge in [-0.1, -0.05) is 45.0 Å². The molecule has 0 aliphatic rings. The lowest BCUT2D eigenvalue weighted by atomic mass is 9.86. The molecular formula is C18H23N3O3. The predicted molar refractivity (Wildman–Crippen MR) is 92.9 cm³/mol. The number of aromatic nitrogens is 2. The van der Waals surface area contributed by atoms with E-state index in [1.54, 1.807) is 31.5 Å². The number of benzene rings is 1. The number of carboxylic acids is 1. The van der Waals surface area contributed by atoms with Crippen molar-refractivity contribution in [1.29, 1.82) is 0 Å². The topological polar surface area (TPSA) is 84.2 Å². The summed E-state index contributed by atoms with van der Waals surface area (Å²) >= 11 is 0. The monoisotopic (exact) mass is 329 g/mol. The average molecular weight is 329 g/mol. The van der Waals surface area contributed by atoms with Crippen LogP contribution in [0, 0.1) is 5.41 Å². The van der Waals surface area contributed by atoms with Gasteiger partial charge < -0.3 is 10.4 Å². The molecule has 2 aromatic rings. The molecule has 1 atom stereocenters. The van der Waals surface area contributed by atoms with E-state index in [1.165, 1.54) is 0 Å². The second-order valence-electron chi connectivity index (χ2n) is 6.78. The average Bonchev–Trinajstić information content (AvgIpc) is 2.88. The van der Waals surface area contributed by atoms with Gasteiger partial charge in [0, 0.05) is 11.9 Å². The van der Waals surface area contributed by atoms with Crippen molar-refractivity contribution in [3.05, 3.63) is 42.6 Å².